The van der Waals surface area contributed by atoms with E-state index in [9.17, 15) is 19.7 Å². The van der Waals surface area contributed by atoms with Crippen molar-refractivity contribution in [1.29, 1.82) is 0 Å². The number of halogens is 1. The average molecular weight is 408 g/mol. The number of carbonyl (C=O) groups is 1. The summed E-state index contributed by atoms with van der Waals surface area (Å²) in [6.07, 6.45) is 0.761. The summed E-state index contributed by atoms with van der Waals surface area (Å²) in [5.41, 5.74) is -0.341. The Hall–Kier alpha value is -2.78. The van der Waals surface area contributed by atoms with Crippen molar-refractivity contribution in [3.05, 3.63) is 62.1 Å². The number of nitrogens with zero attached hydrogens (tertiary/aromatic N) is 3. The van der Waals surface area contributed by atoms with Crippen molar-refractivity contribution >= 4 is 24.0 Å². The minimum Gasteiger partial charge on any atom is -0.347 e. The Kier molecular flexibility index (Phi) is 6.87. The van der Waals surface area contributed by atoms with Crippen LogP contribution in [0.4, 0.5) is 5.69 Å². The van der Waals surface area contributed by atoms with Crippen LogP contribution in [0.5, 0.6) is 0 Å². The highest BCUT2D eigenvalue weighted by Crippen LogP contribution is 2.22. The molecule has 0 aliphatic carbocycles. The first kappa shape index (κ1) is 21.5. The Bertz CT molecular complexity index is 946. The number of nitrogens with one attached hydrogen (secondary N) is 2. The molecule has 0 radical (unpaired) electrons. The summed E-state index contributed by atoms with van der Waals surface area (Å²) in [6, 6.07) is 7.28. The smallest absolute Gasteiger partial charge is 0.294 e. The minimum absolute atomic E-state index is 0. The van der Waals surface area contributed by atoms with Crippen molar-refractivity contribution in [1.82, 2.24) is 20.4 Å². The first-order chi connectivity index (χ1) is 12.9. The monoisotopic (exact) mass is 407 g/mol. The second kappa shape index (κ2) is 8.94. The van der Waals surface area contributed by atoms with Crippen LogP contribution in [0.15, 0.2) is 35.1 Å². The third kappa shape index (κ3) is 4.37. The van der Waals surface area contributed by atoms with E-state index in [2.05, 4.69) is 15.7 Å². The number of nitro benzene ring substituents is 1. The number of aryl methyl sites for hydroxylation is 1. The van der Waals surface area contributed by atoms with E-state index in [4.69, 9.17) is 0 Å². The zero-order valence-electron chi connectivity index (χ0n) is 15.5. The Labute approximate surface area is 167 Å². The molecule has 28 heavy (non-hydrogen) atoms. The molecule has 1 saturated heterocycles. The lowest BCUT2D eigenvalue weighted by atomic mass is 9.95. The number of aromatic nitrogens is 2. The molecule has 2 aromatic rings. The van der Waals surface area contributed by atoms with Crippen LogP contribution in [0.25, 0.3) is 5.69 Å². The fourth-order valence-corrected chi connectivity index (χ4v) is 3.21. The number of piperidine rings is 1. The molecule has 3 rings (SSSR count). The Morgan fingerprint density at radius 2 is 2.11 bits per heavy atom. The first-order valence-corrected chi connectivity index (χ1v) is 8.75. The van der Waals surface area contributed by atoms with Gasteiger partial charge in [-0.2, -0.15) is 5.10 Å². The van der Waals surface area contributed by atoms with Gasteiger partial charge >= 0.3 is 0 Å². The normalized spacial score (nSPS) is 18.8. The van der Waals surface area contributed by atoms with Crippen LogP contribution >= 0.6 is 12.4 Å². The van der Waals surface area contributed by atoms with Gasteiger partial charge in [0.05, 0.1) is 4.92 Å². The lowest BCUT2D eigenvalue weighted by molar-refractivity contribution is -0.384. The van der Waals surface area contributed by atoms with Gasteiger partial charge < -0.3 is 10.6 Å². The molecule has 150 valence electrons. The number of hydrogen-bond donors (Lipinski definition) is 2. The van der Waals surface area contributed by atoms with E-state index in [1.165, 1.54) is 22.9 Å². The van der Waals surface area contributed by atoms with Gasteiger partial charge in [-0.05, 0) is 38.4 Å². The zero-order chi connectivity index (χ0) is 19.6. The van der Waals surface area contributed by atoms with E-state index < -0.39 is 16.3 Å². The predicted octanol–water partition coefficient (Wildman–Crippen LogP) is 1.60. The predicted molar refractivity (Wildman–Crippen MR) is 106 cm³/mol. The number of nitro groups is 1. The van der Waals surface area contributed by atoms with Gasteiger partial charge in [-0.3, -0.25) is 19.7 Å². The van der Waals surface area contributed by atoms with Gasteiger partial charge in [0, 0.05) is 23.9 Å². The molecule has 1 amide bonds. The topological polar surface area (TPSA) is 119 Å². The van der Waals surface area contributed by atoms with E-state index in [0.29, 0.717) is 5.69 Å². The lowest BCUT2D eigenvalue weighted by Crippen LogP contribution is -2.49. The summed E-state index contributed by atoms with van der Waals surface area (Å²) in [5.74, 6) is -0.336. The fraction of sp³-hybridized carbons (Fsp3) is 0.389. The second-order valence-electron chi connectivity index (χ2n) is 6.71. The molecule has 2 heterocycles. The molecular formula is C18H22ClN5O4. The highest BCUT2D eigenvalue weighted by molar-refractivity contribution is 5.92. The summed E-state index contributed by atoms with van der Waals surface area (Å²) >= 11 is 0. The SMILES string of the molecule is Cc1cc(=O)c(C(=O)NC2CCNCC2C)nn1-c1ccccc1[N+](=O)[O-].Cl. The maximum absolute atomic E-state index is 12.7. The van der Waals surface area contributed by atoms with Crippen molar-refractivity contribution in [2.24, 2.45) is 5.92 Å². The summed E-state index contributed by atoms with van der Waals surface area (Å²) < 4.78 is 1.26. The maximum atomic E-state index is 12.7. The lowest BCUT2D eigenvalue weighted by Gasteiger charge is -2.30. The second-order valence-corrected chi connectivity index (χ2v) is 6.71. The van der Waals surface area contributed by atoms with E-state index in [-0.39, 0.29) is 41.4 Å². The quantitative estimate of drug-likeness (QED) is 0.586. The van der Waals surface area contributed by atoms with E-state index in [1.807, 2.05) is 6.92 Å². The molecule has 2 unspecified atom stereocenters. The van der Waals surface area contributed by atoms with Gasteiger partial charge in [-0.15, -0.1) is 12.4 Å². The molecule has 0 bridgehead atoms. The van der Waals surface area contributed by atoms with E-state index in [1.54, 1.807) is 19.1 Å². The molecule has 2 atom stereocenters. The number of benzene rings is 1. The molecule has 9 nitrogen and oxygen atoms in total. The van der Waals surface area contributed by atoms with Crippen molar-refractivity contribution in [3.8, 4) is 5.69 Å². The number of carbonyl (C=O) groups excluding carboxylic acids is 1. The first-order valence-electron chi connectivity index (χ1n) is 8.75. The van der Waals surface area contributed by atoms with Gasteiger partial charge in [0.1, 0.15) is 5.69 Å². The standard InChI is InChI=1S/C18H21N5O4.ClH/c1-11-10-19-8-7-13(11)20-18(25)17-16(24)9-12(2)22(21-17)14-5-3-4-6-15(14)23(26)27;/h3-6,9,11,13,19H,7-8,10H2,1-2H3,(H,20,25);1H. The highest BCUT2D eigenvalue weighted by Gasteiger charge is 2.26. The van der Waals surface area contributed by atoms with Gasteiger partial charge in [-0.1, -0.05) is 19.1 Å². The summed E-state index contributed by atoms with van der Waals surface area (Å²) in [4.78, 5) is 35.8. The Morgan fingerprint density at radius 3 is 2.79 bits per heavy atom. The van der Waals surface area contributed by atoms with Gasteiger partial charge in [0.2, 0.25) is 5.43 Å². The molecule has 0 spiro atoms. The van der Waals surface area contributed by atoms with Gasteiger partial charge in [0.25, 0.3) is 11.6 Å². The maximum Gasteiger partial charge on any atom is 0.294 e. The molecule has 1 aromatic heterocycles. The largest absolute Gasteiger partial charge is 0.347 e. The third-order valence-corrected chi connectivity index (χ3v) is 4.73. The average Bonchev–Trinajstić information content (AvgIpc) is 2.63. The van der Waals surface area contributed by atoms with E-state index in [0.717, 1.165) is 19.5 Å². The number of para-hydroxylation sites is 2. The highest BCUT2D eigenvalue weighted by atomic mass is 35.5. The number of rotatable bonds is 4. The van der Waals surface area contributed by atoms with Crippen molar-refractivity contribution in [3.63, 3.8) is 0 Å². The van der Waals surface area contributed by atoms with Crippen LogP contribution < -0.4 is 16.1 Å². The van der Waals surface area contributed by atoms with Crippen molar-refractivity contribution in [2.45, 2.75) is 26.3 Å². The molecule has 0 saturated carbocycles. The van der Waals surface area contributed by atoms with E-state index >= 15 is 0 Å². The third-order valence-electron chi connectivity index (χ3n) is 4.73. The fourth-order valence-electron chi connectivity index (χ4n) is 3.21. The zero-order valence-corrected chi connectivity index (χ0v) is 16.4. The number of amides is 1. The van der Waals surface area contributed by atoms with Gasteiger partial charge in [-0.25, -0.2) is 4.68 Å². The summed E-state index contributed by atoms with van der Waals surface area (Å²) in [7, 11) is 0. The Balaban J connectivity index is 0.00000280. The van der Waals surface area contributed by atoms with Gasteiger partial charge in [0.15, 0.2) is 5.69 Å². The number of hydrogen-bond acceptors (Lipinski definition) is 6. The summed E-state index contributed by atoms with van der Waals surface area (Å²) in [6.45, 7) is 5.21. The minimum atomic E-state index is -0.564. The molecule has 1 aliphatic heterocycles. The van der Waals surface area contributed by atoms with Crippen molar-refractivity contribution < 1.29 is 9.72 Å². The molecular weight excluding hydrogens is 386 g/mol. The molecule has 2 N–H and O–H groups in total. The van der Waals surface area contributed by atoms with Crippen LogP contribution in [-0.2, 0) is 0 Å². The van der Waals surface area contributed by atoms with Crippen LogP contribution in [0, 0.1) is 23.0 Å². The molecule has 10 heteroatoms. The molecule has 1 aliphatic rings. The van der Waals surface area contributed by atoms with Crippen LogP contribution in [-0.4, -0.2) is 39.7 Å². The molecule has 1 fully saturated rings. The van der Waals surface area contributed by atoms with Crippen LogP contribution in [0.3, 0.4) is 0 Å². The summed E-state index contributed by atoms with van der Waals surface area (Å²) in [5, 5.41) is 21.6. The van der Waals surface area contributed by atoms with Crippen LogP contribution in [0.1, 0.15) is 29.5 Å². The van der Waals surface area contributed by atoms with Crippen molar-refractivity contribution in [2.75, 3.05) is 13.1 Å². The van der Waals surface area contributed by atoms with Crippen LogP contribution in [0.2, 0.25) is 0 Å². The molecule has 1 aromatic carbocycles. The Morgan fingerprint density at radius 1 is 1.39 bits per heavy atom.